The molecule has 5 unspecified atom stereocenters. The molecule has 4 fully saturated rings. The number of hydrogen-bond acceptors (Lipinski definition) is 7. The molecule has 6 N–H and O–H groups in total. The van der Waals surface area contributed by atoms with Gasteiger partial charge >= 0.3 is 0 Å². The molecule has 5 atom stereocenters. The summed E-state index contributed by atoms with van der Waals surface area (Å²) >= 11 is 0. The van der Waals surface area contributed by atoms with E-state index in [9.17, 15) is 4.79 Å². The van der Waals surface area contributed by atoms with Gasteiger partial charge < -0.3 is 10.6 Å². The zero-order chi connectivity index (χ0) is 22.6. The fourth-order valence-corrected chi connectivity index (χ4v) is 6.21. The van der Waals surface area contributed by atoms with Crippen LogP contribution in [0.5, 0.6) is 0 Å². The third kappa shape index (κ3) is 6.21. The van der Waals surface area contributed by atoms with Gasteiger partial charge in [0.1, 0.15) is 6.23 Å². The van der Waals surface area contributed by atoms with E-state index in [0.717, 1.165) is 44.8 Å². The van der Waals surface area contributed by atoms with Crippen LogP contribution in [-0.2, 0) is 9.63 Å². The number of carbonyl (C=O) groups excluding carboxylic acids is 1. The predicted molar refractivity (Wildman–Crippen MR) is 126 cm³/mol. The Balaban J connectivity index is 1.06. The molecule has 2 saturated carbocycles. The Labute approximate surface area is 194 Å². The molecule has 8 nitrogen and oxygen atoms in total. The zero-order valence-corrected chi connectivity index (χ0v) is 20.3. The lowest BCUT2D eigenvalue weighted by Gasteiger charge is -2.41. The van der Waals surface area contributed by atoms with Crippen molar-refractivity contribution in [1.29, 1.82) is 0 Å². The molecule has 0 aromatic rings. The van der Waals surface area contributed by atoms with E-state index in [1.54, 1.807) is 0 Å². The van der Waals surface area contributed by atoms with Gasteiger partial charge in [-0.25, -0.2) is 5.43 Å². The standard InChI is InChI=1S/C24H46N6O2/c1-24(2,3)17-11-9-16(10-12-17)21-27-20(32-30-21)15-25-13-6-14-26-22-18-7-4-5-8-19(18)23(31)29-28-22/h16-22,25-28,30H,4-15H2,1-3H3,(H,29,31). The van der Waals surface area contributed by atoms with Gasteiger partial charge in [-0.15, -0.1) is 0 Å². The molecule has 0 spiro atoms. The van der Waals surface area contributed by atoms with Gasteiger partial charge in [-0.3, -0.25) is 20.4 Å². The van der Waals surface area contributed by atoms with E-state index in [4.69, 9.17) is 4.84 Å². The molecule has 0 aromatic carbocycles. The summed E-state index contributed by atoms with van der Waals surface area (Å²) in [5, 5.41) is 10.8. The Morgan fingerprint density at radius 1 is 1.03 bits per heavy atom. The van der Waals surface area contributed by atoms with Crippen LogP contribution in [0.2, 0.25) is 0 Å². The summed E-state index contributed by atoms with van der Waals surface area (Å²) in [4.78, 5) is 17.9. The topological polar surface area (TPSA) is 98.5 Å². The number of hydrogen-bond donors (Lipinski definition) is 6. The first-order valence-corrected chi connectivity index (χ1v) is 13.1. The van der Waals surface area contributed by atoms with Crippen LogP contribution in [0.1, 0.15) is 78.6 Å². The normalized spacial score (nSPS) is 38.3. The number of amides is 1. The number of rotatable bonds is 8. The van der Waals surface area contributed by atoms with Gasteiger partial charge in [-0.1, -0.05) is 33.6 Å². The van der Waals surface area contributed by atoms with Gasteiger partial charge in [0.05, 0.1) is 12.3 Å². The van der Waals surface area contributed by atoms with E-state index in [1.807, 2.05) is 0 Å². The minimum Gasteiger partial charge on any atom is -0.313 e. The maximum atomic E-state index is 12.1. The first-order valence-electron chi connectivity index (χ1n) is 13.1. The van der Waals surface area contributed by atoms with Crippen LogP contribution in [0.3, 0.4) is 0 Å². The maximum Gasteiger partial charge on any atom is 0.237 e. The van der Waals surface area contributed by atoms with Crippen LogP contribution in [0.15, 0.2) is 0 Å². The van der Waals surface area contributed by atoms with Crippen molar-refractivity contribution in [2.24, 2.45) is 29.1 Å². The minimum absolute atomic E-state index is 0.0338. The molecule has 2 heterocycles. The summed E-state index contributed by atoms with van der Waals surface area (Å²) in [7, 11) is 0. The Bertz CT molecular complexity index is 604. The summed E-state index contributed by atoms with van der Waals surface area (Å²) in [5.74, 6) is 2.27. The lowest BCUT2D eigenvalue weighted by Crippen LogP contribution is -2.64. The average Bonchev–Trinajstić information content (AvgIpc) is 3.26. The molecule has 2 saturated heterocycles. The van der Waals surface area contributed by atoms with E-state index >= 15 is 0 Å². The fraction of sp³-hybridized carbons (Fsp3) is 0.958. The maximum absolute atomic E-state index is 12.1. The van der Waals surface area contributed by atoms with Gasteiger partial charge in [0.2, 0.25) is 5.91 Å². The summed E-state index contributed by atoms with van der Waals surface area (Å²) in [6.07, 6.45) is 11.3. The van der Waals surface area contributed by atoms with E-state index in [1.165, 1.54) is 38.5 Å². The molecule has 184 valence electrons. The van der Waals surface area contributed by atoms with E-state index < -0.39 is 0 Å². The highest BCUT2D eigenvalue weighted by molar-refractivity contribution is 5.79. The third-order valence-corrected chi connectivity index (χ3v) is 8.33. The number of carbonyl (C=O) groups is 1. The van der Waals surface area contributed by atoms with Crippen molar-refractivity contribution in [3.63, 3.8) is 0 Å². The van der Waals surface area contributed by atoms with Gasteiger partial charge in [0, 0.05) is 18.4 Å². The highest BCUT2D eigenvalue weighted by Gasteiger charge is 2.39. The smallest absolute Gasteiger partial charge is 0.237 e. The number of hydroxylamine groups is 1. The Hall–Kier alpha value is -0.770. The quantitative estimate of drug-likeness (QED) is 0.315. The third-order valence-electron chi connectivity index (χ3n) is 8.33. The Morgan fingerprint density at radius 3 is 2.59 bits per heavy atom. The summed E-state index contributed by atoms with van der Waals surface area (Å²) in [5.41, 5.74) is 9.72. The van der Waals surface area contributed by atoms with Crippen LogP contribution in [-0.4, -0.2) is 44.1 Å². The van der Waals surface area contributed by atoms with Gasteiger partial charge in [-0.2, -0.15) is 5.48 Å². The largest absolute Gasteiger partial charge is 0.313 e. The van der Waals surface area contributed by atoms with Crippen molar-refractivity contribution >= 4 is 5.91 Å². The molecule has 32 heavy (non-hydrogen) atoms. The van der Waals surface area contributed by atoms with Crippen molar-refractivity contribution in [2.75, 3.05) is 19.6 Å². The van der Waals surface area contributed by atoms with Gasteiger partial charge in [0.15, 0.2) is 0 Å². The van der Waals surface area contributed by atoms with Crippen LogP contribution < -0.4 is 32.3 Å². The highest BCUT2D eigenvalue weighted by Crippen LogP contribution is 2.40. The molecule has 0 bridgehead atoms. The van der Waals surface area contributed by atoms with Crippen molar-refractivity contribution in [1.82, 2.24) is 32.3 Å². The molecule has 0 aromatic heterocycles. The van der Waals surface area contributed by atoms with Crippen molar-refractivity contribution in [3.05, 3.63) is 0 Å². The fourth-order valence-electron chi connectivity index (χ4n) is 6.21. The van der Waals surface area contributed by atoms with Crippen LogP contribution in [0.4, 0.5) is 0 Å². The second-order valence-corrected chi connectivity index (χ2v) is 11.5. The van der Waals surface area contributed by atoms with Crippen LogP contribution >= 0.6 is 0 Å². The molecule has 1 amide bonds. The second-order valence-electron chi connectivity index (χ2n) is 11.5. The van der Waals surface area contributed by atoms with E-state index in [0.29, 0.717) is 17.3 Å². The molecule has 2 aliphatic heterocycles. The molecule has 2 aliphatic carbocycles. The van der Waals surface area contributed by atoms with Crippen molar-refractivity contribution in [2.45, 2.75) is 97.1 Å². The molecule has 4 rings (SSSR count). The average molecular weight is 451 g/mol. The highest BCUT2D eigenvalue weighted by atomic mass is 16.7. The van der Waals surface area contributed by atoms with E-state index in [2.05, 4.69) is 53.1 Å². The van der Waals surface area contributed by atoms with E-state index in [-0.39, 0.29) is 30.4 Å². The van der Waals surface area contributed by atoms with Crippen molar-refractivity contribution < 1.29 is 9.63 Å². The molecular weight excluding hydrogens is 404 g/mol. The Kier molecular flexibility index (Phi) is 8.45. The van der Waals surface area contributed by atoms with Crippen molar-refractivity contribution in [3.8, 4) is 0 Å². The number of fused-ring (bicyclic) bond motifs is 1. The van der Waals surface area contributed by atoms with Crippen LogP contribution in [0.25, 0.3) is 0 Å². The first kappa shape index (κ1) is 24.4. The summed E-state index contributed by atoms with van der Waals surface area (Å²) in [6, 6.07) is 0. The number of nitrogens with one attached hydrogen (secondary N) is 6. The molecule has 0 radical (unpaired) electrons. The lowest BCUT2D eigenvalue weighted by molar-refractivity contribution is -0.134. The minimum atomic E-state index is 0.0338. The molecule has 8 heteroatoms. The Morgan fingerprint density at radius 2 is 1.81 bits per heavy atom. The second kappa shape index (κ2) is 11.1. The van der Waals surface area contributed by atoms with Gasteiger partial charge in [-0.05, 0) is 75.3 Å². The summed E-state index contributed by atoms with van der Waals surface area (Å²) < 4.78 is 0. The lowest BCUT2D eigenvalue weighted by atomic mass is 9.69. The molecular formula is C24H46N6O2. The van der Waals surface area contributed by atoms with Gasteiger partial charge in [0.25, 0.3) is 0 Å². The number of hydrazine groups is 1. The first-order chi connectivity index (χ1) is 15.4. The van der Waals surface area contributed by atoms with Crippen LogP contribution in [0, 0.1) is 29.1 Å². The SMILES string of the molecule is CC(C)(C)C1CCC(C2NOC(CNCCCNC3NNC(=O)C4CCCCC34)N2)CC1. The molecule has 4 aliphatic rings. The monoisotopic (exact) mass is 450 g/mol. The summed E-state index contributed by atoms with van der Waals surface area (Å²) in [6.45, 7) is 9.81. The zero-order valence-electron chi connectivity index (χ0n) is 20.3. The predicted octanol–water partition coefficient (Wildman–Crippen LogP) is 1.95.